The fourth-order valence-corrected chi connectivity index (χ4v) is 2.00. The van der Waals surface area contributed by atoms with Crippen LogP contribution in [-0.4, -0.2) is 15.2 Å². The van der Waals surface area contributed by atoms with Crippen LogP contribution in [0.25, 0.3) is 10.9 Å². The Kier molecular flexibility index (Phi) is 2.89. The van der Waals surface area contributed by atoms with Crippen LogP contribution in [0.15, 0.2) is 42.6 Å². The van der Waals surface area contributed by atoms with Crippen molar-refractivity contribution in [3.63, 3.8) is 0 Å². The summed E-state index contributed by atoms with van der Waals surface area (Å²) in [5, 5.41) is 12.4. The minimum atomic E-state index is 0.379. The van der Waals surface area contributed by atoms with Gasteiger partial charge in [-0.25, -0.2) is 0 Å². The van der Waals surface area contributed by atoms with Crippen molar-refractivity contribution in [1.82, 2.24) is 15.2 Å². The summed E-state index contributed by atoms with van der Waals surface area (Å²) >= 11 is 6.14. The molecule has 0 saturated heterocycles. The average molecular weight is 272 g/mol. The fraction of sp³-hybridized carbons (Fsp3) is 0. The third-order valence-electron chi connectivity index (χ3n) is 2.66. The Morgan fingerprint density at radius 2 is 1.95 bits per heavy atom. The smallest absolute Gasteiger partial charge is 0.153 e. The molecule has 3 rings (SSSR count). The van der Waals surface area contributed by atoms with Gasteiger partial charge < -0.3 is 11.1 Å². The van der Waals surface area contributed by atoms with E-state index in [4.69, 9.17) is 17.3 Å². The maximum atomic E-state index is 6.14. The normalized spacial score (nSPS) is 10.6. The molecule has 3 N–H and O–H groups in total. The molecule has 0 aliphatic carbocycles. The summed E-state index contributed by atoms with van der Waals surface area (Å²) in [5.41, 5.74) is 7.10. The van der Waals surface area contributed by atoms with Gasteiger partial charge in [0.15, 0.2) is 5.82 Å². The quantitative estimate of drug-likeness (QED) is 0.749. The number of rotatable bonds is 2. The van der Waals surface area contributed by atoms with Crippen molar-refractivity contribution in [3.05, 3.63) is 47.6 Å². The topological polar surface area (TPSA) is 76.7 Å². The maximum Gasteiger partial charge on any atom is 0.153 e. The Bertz CT molecular complexity index is 727. The summed E-state index contributed by atoms with van der Waals surface area (Å²) in [7, 11) is 0. The number of fused-ring (bicyclic) bond motifs is 1. The molecule has 3 aromatic rings. The molecule has 0 amide bonds. The zero-order valence-corrected chi connectivity index (χ0v) is 10.6. The van der Waals surface area contributed by atoms with Crippen LogP contribution >= 0.6 is 11.6 Å². The second-order valence-corrected chi connectivity index (χ2v) is 4.37. The largest absolute Gasteiger partial charge is 0.382 e. The monoisotopic (exact) mass is 271 g/mol. The molecular weight excluding hydrogens is 262 g/mol. The molecule has 0 unspecified atom stereocenters. The number of nitrogens with two attached hydrogens (primary N) is 1. The number of nitrogens with zero attached hydrogens (tertiary/aromatic N) is 3. The SMILES string of the molecule is Nc1ccc(Nc2ccc(Cl)c3cccnc23)nn1. The lowest BCUT2D eigenvalue weighted by atomic mass is 10.2. The van der Waals surface area contributed by atoms with E-state index >= 15 is 0 Å². The van der Waals surface area contributed by atoms with Gasteiger partial charge in [-0.05, 0) is 36.4 Å². The lowest BCUT2D eigenvalue weighted by molar-refractivity contribution is 1.05. The Morgan fingerprint density at radius 3 is 2.74 bits per heavy atom. The minimum Gasteiger partial charge on any atom is -0.382 e. The van der Waals surface area contributed by atoms with E-state index in [-0.39, 0.29) is 0 Å². The summed E-state index contributed by atoms with van der Waals surface area (Å²) in [5.74, 6) is 0.980. The predicted octanol–water partition coefficient (Wildman–Crippen LogP) is 3.00. The number of nitrogen functional groups attached to an aromatic ring is 1. The van der Waals surface area contributed by atoms with Crippen LogP contribution in [0.3, 0.4) is 0 Å². The van der Waals surface area contributed by atoms with Gasteiger partial charge in [0.2, 0.25) is 0 Å². The fourth-order valence-electron chi connectivity index (χ4n) is 1.79. The third-order valence-corrected chi connectivity index (χ3v) is 2.99. The van der Waals surface area contributed by atoms with Gasteiger partial charge in [-0.15, -0.1) is 10.2 Å². The van der Waals surface area contributed by atoms with Crippen LogP contribution < -0.4 is 11.1 Å². The van der Waals surface area contributed by atoms with Gasteiger partial charge in [-0.1, -0.05) is 11.6 Å². The molecule has 2 heterocycles. The molecule has 0 spiro atoms. The van der Waals surface area contributed by atoms with Gasteiger partial charge in [-0.2, -0.15) is 0 Å². The number of benzene rings is 1. The Labute approximate surface area is 114 Å². The van der Waals surface area contributed by atoms with Gasteiger partial charge >= 0.3 is 0 Å². The predicted molar refractivity (Wildman–Crippen MR) is 76.5 cm³/mol. The van der Waals surface area contributed by atoms with Crippen molar-refractivity contribution in [2.45, 2.75) is 0 Å². The summed E-state index contributed by atoms with van der Waals surface area (Å²) in [6.45, 7) is 0. The zero-order valence-electron chi connectivity index (χ0n) is 9.84. The van der Waals surface area contributed by atoms with E-state index in [9.17, 15) is 0 Å². The number of hydrogen-bond acceptors (Lipinski definition) is 5. The number of hydrogen-bond donors (Lipinski definition) is 2. The molecule has 0 radical (unpaired) electrons. The molecule has 5 nitrogen and oxygen atoms in total. The van der Waals surface area contributed by atoms with E-state index in [2.05, 4.69) is 20.5 Å². The number of aromatic nitrogens is 3. The van der Waals surface area contributed by atoms with Crippen molar-refractivity contribution in [2.24, 2.45) is 0 Å². The summed E-state index contributed by atoms with van der Waals surface area (Å²) < 4.78 is 0. The molecule has 0 fully saturated rings. The molecule has 19 heavy (non-hydrogen) atoms. The van der Waals surface area contributed by atoms with Gasteiger partial charge in [0, 0.05) is 11.6 Å². The van der Waals surface area contributed by atoms with Crippen molar-refractivity contribution < 1.29 is 0 Å². The first-order chi connectivity index (χ1) is 9.24. The van der Waals surface area contributed by atoms with E-state index in [1.165, 1.54) is 0 Å². The van der Waals surface area contributed by atoms with Gasteiger partial charge in [-0.3, -0.25) is 4.98 Å². The molecule has 0 bridgehead atoms. The molecular formula is C13H10ClN5. The van der Waals surface area contributed by atoms with Crippen molar-refractivity contribution in [3.8, 4) is 0 Å². The molecule has 0 aliphatic heterocycles. The van der Waals surface area contributed by atoms with E-state index in [0.29, 0.717) is 16.7 Å². The number of halogens is 1. The maximum absolute atomic E-state index is 6.14. The van der Waals surface area contributed by atoms with Gasteiger partial charge in [0.1, 0.15) is 5.82 Å². The first kappa shape index (κ1) is 11.7. The minimum absolute atomic E-state index is 0.379. The van der Waals surface area contributed by atoms with E-state index in [0.717, 1.165) is 16.6 Å². The molecule has 1 aromatic carbocycles. The molecule has 0 saturated carbocycles. The third kappa shape index (κ3) is 2.28. The first-order valence-corrected chi connectivity index (χ1v) is 6.01. The highest BCUT2D eigenvalue weighted by Gasteiger charge is 2.06. The number of pyridine rings is 1. The standard InChI is InChI=1S/C13H10ClN5/c14-9-3-4-10(13-8(9)2-1-7-16-13)17-12-6-5-11(15)18-19-12/h1-7H,(H2,15,18)(H,17,19). The van der Waals surface area contributed by atoms with Crippen LogP contribution in [0.4, 0.5) is 17.3 Å². The van der Waals surface area contributed by atoms with Crippen molar-refractivity contribution in [1.29, 1.82) is 0 Å². The van der Waals surface area contributed by atoms with E-state index in [1.54, 1.807) is 18.3 Å². The molecule has 6 heteroatoms. The summed E-state index contributed by atoms with van der Waals surface area (Å²) in [6.07, 6.45) is 1.72. The first-order valence-electron chi connectivity index (χ1n) is 5.63. The Hall–Kier alpha value is -2.40. The second-order valence-electron chi connectivity index (χ2n) is 3.96. The summed E-state index contributed by atoms with van der Waals surface area (Å²) in [4.78, 5) is 4.34. The van der Waals surface area contributed by atoms with Crippen LogP contribution in [-0.2, 0) is 0 Å². The highest BCUT2D eigenvalue weighted by Crippen LogP contribution is 2.29. The van der Waals surface area contributed by atoms with E-state index in [1.807, 2.05) is 24.3 Å². The number of anilines is 3. The van der Waals surface area contributed by atoms with Crippen molar-refractivity contribution in [2.75, 3.05) is 11.1 Å². The van der Waals surface area contributed by atoms with Crippen molar-refractivity contribution >= 4 is 39.8 Å². The van der Waals surface area contributed by atoms with Crippen LogP contribution in [0.5, 0.6) is 0 Å². The molecule has 94 valence electrons. The number of nitrogens with one attached hydrogen (secondary N) is 1. The zero-order chi connectivity index (χ0) is 13.2. The van der Waals surface area contributed by atoms with Crippen LogP contribution in [0.1, 0.15) is 0 Å². The lowest BCUT2D eigenvalue weighted by Crippen LogP contribution is -1.99. The molecule has 0 atom stereocenters. The van der Waals surface area contributed by atoms with Gasteiger partial charge in [0.25, 0.3) is 0 Å². The molecule has 2 aromatic heterocycles. The summed E-state index contributed by atoms with van der Waals surface area (Å²) in [6, 6.07) is 10.9. The lowest BCUT2D eigenvalue weighted by Gasteiger charge is -2.08. The molecule has 0 aliphatic rings. The van der Waals surface area contributed by atoms with Crippen LogP contribution in [0, 0.1) is 0 Å². The highest BCUT2D eigenvalue weighted by molar-refractivity contribution is 6.35. The second kappa shape index (κ2) is 4.70. The van der Waals surface area contributed by atoms with E-state index < -0.39 is 0 Å². The average Bonchev–Trinajstić information content (AvgIpc) is 2.45. The highest BCUT2D eigenvalue weighted by atomic mass is 35.5. The Morgan fingerprint density at radius 1 is 1.05 bits per heavy atom. The van der Waals surface area contributed by atoms with Gasteiger partial charge in [0.05, 0.1) is 16.2 Å². The Balaban J connectivity index is 2.06. The van der Waals surface area contributed by atoms with Crippen LogP contribution in [0.2, 0.25) is 5.02 Å².